The Morgan fingerprint density at radius 1 is 1.07 bits per heavy atom. The molecule has 0 aromatic heterocycles. The summed E-state index contributed by atoms with van der Waals surface area (Å²) in [7, 11) is 4.46. The third-order valence-corrected chi connectivity index (χ3v) is 6.76. The Morgan fingerprint density at radius 3 is 2.30 bits per heavy atom. The molecule has 1 aromatic rings. The minimum atomic E-state index is -1.70. The number of rotatable bonds is 4. The van der Waals surface area contributed by atoms with Gasteiger partial charge in [0.15, 0.2) is 10.8 Å². The lowest BCUT2D eigenvalue weighted by Gasteiger charge is -2.53. The molecule has 3 aliphatic rings. The number of nitrogens with zero attached hydrogens (tertiary/aromatic N) is 3. The quantitative estimate of drug-likeness (QED) is 0.734. The lowest BCUT2D eigenvalue weighted by Crippen LogP contribution is -2.64. The second-order valence-electron chi connectivity index (χ2n) is 7.78. The molecule has 1 aliphatic carbocycles. The highest BCUT2D eigenvalue weighted by molar-refractivity contribution is 5.96. The van der Waals surface area contributed by atoms with Gasteiger partial charge in [0.25, 0.3) is 5.91 Å². The first-order chi connectivity index (χ1) is 14.5. The number of hydrogen-bond donors (Lipinski definition) is 2. The summed E-state index contributed by atoms with van der Waals surface area (Å²) in [5, 5.41) is 24.8. The van der Waals surface area contributed by atoms with E-state index in [1.54, 1.807) is 7.11 Å². The summed E-state index contributed by atoms with van der Waals surface area (Å²) in [4.78, 5) is 4.49. The number of allylic oxidation sites excluding steroid dienone is 1. The molecule has 0 radical (unpaired) electrons. The average molecular weight is 407 g/mol. The zero-order chi connectivity index (χ0) is 21.6. The minimum Gasteiger partial charge on any atom is -0.497 e. The standard InChI is InChI=1S/C22H25N5O3/c1-28-15-10-8-14(9-11-15)18-20(12-23)19(25)27-22(29-2,30-3)21(20,13-24)16-6-4-5-7-17(16)26-18/h8-11,18,26H,4-7H2,1-3H3,(H2,25,27)/t18-,20-,21-/m1/s1. The van der Waals surface area contributed by atoms with Gasteiger partial charge in [-0.25, -0.2) is 4.99 Å². The molecule has 2 heterocycles. The number of benzene rings is 1. The summed E-state index contributed by atoms with van der Waals surface area (Å²) in [5.74, 6) is -0.978. The van der Waals surface area contributed by atoms with Gasteiger partial charge in [-0.3, -0.25) is 0 Å². The van der Waals surface area contributed by atoms with Crippen LogP contribution in [-0.4, -0.2) is 33.1 Å². The van der Waals surface area contributed by atoms with Crippen molar-refractivity contribution in [2.75, 3.05) is 21.3 Å². The van der Waals surface area contributed by atoms with Crippen LogP contribution in [0.2, 0.25) is 0 Å². The van der Waals surface area contributed by atoms with E-state index >= 15 is 0 Å². The molecule has 30 heavy (non-hydrogen) atoms. The van der Waals surface area contributed by atoms with Crippen LogP contribution >= 0.6 is 0 Å². The number of nitrogens with one attached hydrogen (secondary N) is 1. The molecule has 0 unspecified atom stereocenters. The van der Waals surface area contributed by atoms with Crippen LogP contribution in [0.1, 0.15) is 37.3 Å². The van der Waals surface area contributed by atoms with Gasteiger partial charge in [-0.2, -0.15) is 10.5 Å². The van der Waals surface area contributed by atoms with Gasteiger partial charge in [0.05, 0.1) is 25.3 Å². The highest BCUT2D eigenvalue weighted by Crippen LogP contribution is 2.67. The van der Waals surface area contributed by atoms with Gasteiger partial charge in [0.1, 0.15) is 11.6 Å². The molecule has 1 aromatic carbocycles. The first kappa shape index (κ1) is 20.2. The molecule has 4 rings (SSSR count). The first-order valence-corrected chi connectivity index (χ1v) is 9.91. The number of methoxy groups -OCH3 is 3. The van der Waals surface area contributed by atoms with Crippen molar-refractivity contribution in [3.05, 3.63) is 41.1 Å². The van der Waals surface area contributed by atoms with Crippen LogP contribution < -0.4 is 15.8 Å². The molecule has 3 N–H and O–H groups in total. The molecular weight excluding hydrogens is 382 g/mol. The Bertz CT molecular complexity index is 999. The molecule has 2 aliphatic heterocycles. The van der Waals surface area contributed by atoms with Crippen LogP contribution in [0, 0.1) is 33.5 Å². The molecule has 156 valence electrons. The zero-order valence-electron chi connectivity index (χ0n) is 17.4. The van der Waals surface area contributed by atoms with E-state index in [0.29, 0.717) is 12.2 Å². The van der Waals surface area contributed by atoms with Crippen LogP contribution in [0.25, 0.3) is 0 Å². The maximum absolute atomic E-state index is 10.7. The first-order valence-electron chi connectivity index (χ1n) is 9.91. The van der Waals surface area contributed by atoms with Crippen molar-refractivity contribution in [3.8, 4) is 17.9 Å². The van der Waals surface area contributed by atoms with E-state index in [1.807, 2.05) is 24.3 Å². The SMILES string of the molecule is COc1ccc([C@H]2NC3=C(CCCC3)[C@@]3(C#N)C(OC)(OC)N=C(N)[C@@]23C#N)cc1. The lowest BCUT2D eigenvalue weighted by atomic mass is 9.52. The van der Waals surface area contributed by atoms with E-state index in [4.69, 9.17) is 19.9 Å². The summed E-state index contributed by atoms with van der Waals surface area (Å²) < 4.78 is 16.7. The smallest absolute Gasteiger partial charge is 0.296 e. The molecule has 8 nitrogen and oxygen atoms in total. The van der Waals surface area contributed by atoms with E-state index in [0.717, 1.165) is 36.1 Å². The summed E-state index contributed by atoms with van der Waals surface area (Å²) in [6.07, 6.45) is 3.32. The third kappa shape index (κ3) is 2.18. The van der Waals surface area contributed by atoms with Crippen molar-refractivity contribution < 1.29 is 14.2 Å². The predicted octanol–water partition coefficient (Wildman–Crippen LogP) is 2.50. The zero-order valence-corrected chi connectivity index (χ0v) is 17.4. The number of nitrogens with two attached hydrogens (primary N) is 1. The lowest BCUT2D eigenvalue weighted by molar-refractivity contribution is -0.254. The number of aliphatic imine (C=N–C) groups is 1. The van der Waals surface area contributed by atoms with Gasteiger partial charge >= 0.3 is 0 Å². The maximum atomic E-state index is 10.7. The summed E-state index contributed by atoms with van der Waals surface area (Å²) in [6, 6.07) is 11.6. The van der Waals surface area contributed by atoms with E-state index in [2.05, 4.69) is 22.4 Å². The van der Waals surface area contributed by atoms with Crippen molar-refractivity contribution >= 4 is 5.84 Å². The molecule has 0 spiro atoms. The fraction of sp³-hybridized carbons (Fsp3) is 0.500. The normalized spacial score (nSPS) is 31.5. The monoisotopic (exact) mass is 407 g/mol. The van der Waals surface area contributed by atoms with E-state index in [1.165, 1.54) is 14.2 Å². The summed E-state index contributed by atoms with van der Waals surface area (Å²) >= 11 is 0. The number of hydrogen-bond acceptors (Lipinski definition) is 8. The fourth-order valence-corrected chi connectivity index (χ4v) is 5.37. The van der Waals surface area contributed by atoms with Gasteiger partial charge in [0, 0.05) is 19.9 Å². The highest BCUT2D eigenvalue weighted by Gasteiger charge is 2.79. The van der Waals surface area contributed by atoms with E-state index in [9.17, 15) is 10.5 Å². The molecule has 0 saturated carbocycles. The molecular formula is C22H25N5O3. The Morgan fingerprint density at radius 2 is 1.73 bits per heavy atom. The molecule has 0 bridgehead atoms. The van der Waals surface area contributed by atoms with Gasteiger partial charge in [-0.05, 0) is 49.0 Å². The molecule has 8 heteroatoms. The van der Waals surface area contributed by atoms with Crippen LogP contribution in [0.4, 0.5) is 0 Å². The van der Waals surface area contributed by atoms with Crippen LogP contribution in [0.5, 0.6) is 5.75 Å². The summed E-state index contributed by atoms with van der Waals surface area (Å²) in [6.45, 7) is 0. The van der Waals surface area contributed by atoms with Crippen LogP contribution in [0.3, 0.4) is 0 Å². The Labute approximate surface area is 175 Å². The van der Waals surface area contributed by atoms with E-state index < -0.39 is 22.8 Å². The predicted molar refractivity (Wildman–Crippen MR) is 109 cm³/mol. The van der Waals surface area contributed by atoms with Gasteiger partial charge in [-0.1, -0.05) is 12.1 Å². The van der Waals surface area contributed by atoms with Crippen molar-refractivity contribution in [2.24, 2.45) is 21.6 Å². The third-order valence-electron chi connectivity index (χ3n) is 6.76. The molecule has 3 atom stereocenters. The van der Waals surface area contributed by atoms with Crippen molar-refractivity contribution in [1.29, 1.82) is 10.5 Å². The van der Waals surface area contributed by atoms with Gasteiger partial charge in [0.2, 0.25) is 0 Å². The van der Waals surface area contributed by atoms with Crippen molar-refractivity contribution in [3.63, 3.8) is 0 Å². The average Bonchev–Trinajstić information content (AvgIpc) is 3.04. The number of ether oxygens (including phenoxy) is 3. The van der Waals surface area contributed by atoms with E-state index in [-0.39, 0.29) is 5.84 Å². The second kappa shape index (κ2) is 7.02. The topological polar surface area (TPSA) is 126 Å². The maximum Gasteiger partial charge on any atom is 0.296 e. The van der Waals surface area contributed by atoms with Crippen LogP contribution in [-0.2, 0) is 9.47 Å². The van der Waals surface area contributed by atoms with Crippen molar-refractivity contribution in [1.82, 2.24) is 5.32 Å². The second-order valence-corrected chi connectivity index (χ2v) is 7.78. The Hall–Kier alpha value is -3.07. The number of amidine groups is 1. The number of nitriles is 2. The Kier molecular flexibility index (Phi) is 4.73. The largest absolute Gasteiger partial charge is 0.497 e. The van der Waals surface area contributed by atoms with Gasteiger partial charge < -0.3 is 25.3 Å². The highest BCUT2D eigenvalue weighted by atomic mass is 16.7. The molecule has 0 saturated heterocycles. The molecule has 0 fully saturated rings. The van der Waals surface area contributed by atoms with Crippen molar-refractivity contribution in [2.45, 2.75) is 37.6 Å². The fourth-order valence-electron chi connectivity index (χ4n) is 5.37. The summed E-state index contributed by atoms with van der Waals surface area (Å²) in [5.41, 5.74) is 5.97. The number of fused-ring (bicyclic) bond motifs is 2. The Balaban J connectivity index is 2.05. The van der Waals surface area contributed by atoms with Gasteiger partial charge in [-0.15, -0.1) is 0 Å². The van der Waals surface area contributed by atoms with Crippen LogP contribution in [0.15, 0.2) is 40.5 Å². The molecule has 0 amide bonds. The minimum absolute atomic E-state index is 0.0284.